The Morgan fingerprint density at radius 1 is 0.371 bits per heavy atom. The Bertz CT molecular complexity index is 4210. The lowest BCUT2D eigenvalue weighted by molar-refractivity contribution is 0.458. The number of para-hydroxylation sites is 7. The fourth-order valence-corrected chi connectivity index (χ4v) is 11.9. The molecule has 0 spiro atoms. The minimum atomic E-state index is -0.147. The molecule has 0 saturated carbocycles. The minimum absolute atomic E-state index is 0.103. The van der Waals surface area contributed by atoms with E-state index in [1.165, 1.54) is 43.4 Å². The second-order valence-electron chi connectivity index (χ2n) is 20.0. The molecule has 0 aliphatic carbocycles. The Kier molecular flexibility index (Phi) is 8.08. The van der Waals surface area contributed by atoms with E-state index in [1.807, 2.05) is 0 Å². The molecule has 330 valence electrons. The van der Waals surface area contributed by atoms with E-state index in [0.717, 1.165) is 95.2 Å². The highest BCUT2D eigenvalue weighted by atomic mass is 16.5. The maximum absolute atomic E-state index is 7.21. The number of hydrogen-bond donors (Lipinski definition) is 0. The van der Waals surface area contributed by atoms with Gasteiger partial charge < -0.3 is 23.2 Å². The number of nitrogens with zero attached hydrogens (tertiary/aromatic N) is 3. The zero-order chi connectivity index (χ0) is 46.4. The molecule has 2 aliphatic rings. The van der Waals surface area contributed by atoms with Crippen molar-refractivity contribution in [3.05, 3.63) is 218 Å². The first-order chi connectivity index (χ1) is 34.4. The van der Waals surface area contributed by atoms with Gasteiger partial charge >= 0.3 is 0 Å². The lowest BCUT2D eigenvalue weighted by atomic mass is 9.34. The maximum atomic E-state index is 7.21. The van der Waals surface area contributed by atoms with Crippen molar-refractivity contribution >= 4 is 88.5 Å². The monoisotopic (exact) mass is 897 g/mol. The number of benzene rings is 10. The molecule has 15 rings (SSSR count). The topological polar surface area (TPSA) is 33.2 Å². The molecule has 6 heteroatoms. The average molecular weight is 898 g/mol. The molecule has 0 radical (unpaired) electrons. The van der Waals surface area contributed by atoms with Crippen molar-refractivity contribution in [3.63, 3.8) is 0 Å². The SMILES string of the molecule is CC(C)(C)c1cc2c3c(c1)Oc1cc(-n4c5ccccc5c5ccccc54)ccc1B3c1ccc(-c3cccc(-n4c5ccccc5c5ccccc54)c3-n3c4ccccc4c4ccccc43)cc1O2. The highest BCUT2D eigenvalue weighted by molar-refractivity contribution is 6.98. The standard InChI is InChI=1S/C64H44BN3O2/c1-64(2,3)40-36-60-62-61(37-40)70-59-38-41(66-51-24-10-4-17-43(51)44-18-5-11-25-52(44)66)32-34-50(59)65(62)49-33-31-39(35-58(49)69-60)42-23-16-30-57(67-53-26-12-6-19-45(53)46-20-7-13-27-54(46)67)63(42)68-55-28-14-8-21-47(55)48-22-9-15-29-56(48)68/h4-38H,1-3H3. The molecule has 0 amide bonds. The van der Waals surface area contributed by atoms with Crippen LogP contribution < -0.4 is 25.9 Å². The molecule has 0 atom stereocenters. The maximum Gasteiger partial charge on any atom is 0.260 e. The lowest BCUT2D eigenvalue weighted by Gasteiger charge is -2.35. The molecule has 10 aromatic carbocycles. The summed E-state index contributed by atoms with van der Waals surface area (Å²) in [6, 6.07) is 77.5. The van der Waals surface area contributed by atoms with Gasteiger partial charge in [0.2, 0.25) is 0 Å². The molecule has 5 nitrogen and oxygen atoms in total. The van der Waals surface area contributed by atoms with Crippen molar-refractivity contribution in [1.29, 1.82) is 0 Å². The highest BCUT2D eigenvalue weighted by Crippen LogP contribution is 2.45. The van der Waals surface area contributed by atoms with Crippen molar-refractivity contribution in [2.45, 2.75) is 26.2 Å². The summed E-state index contributed by atoms with van der Waals surface area (Å²) in [5.74, 6) is 3.40. The van der Waals surface area contributed by atoms with E-state index in [0.29, 0.717) is 0 Å². The van der Waals surface area contributed by atoms with Crippen LogP contribution in [0.3, 0.4) is 0 Å². The van der Waals surface area contributed by atoms with Gasteiger partial charge in [-0.15, -0.1) is 0 Å². The first kappa shape index (κ1) is 39.3. The van der Waals surface area contributed by atoms with Gasteiger partial charge in [-0.3, -0.25) is 0 Å². The third-order valence-electron chi connectivity index (χ3n) is 15.1. The Hall–Kier alpha value is -8.74. The summed E-state index contributed by atoms with van der Waals surface area (Å²) in [5, 5.41) is 7.36. The molecule has 5 heterocycles. The summed E-state index contributed by atoms with van der Waals surface area (Å²) < 4.78 is 21.6. The van der Waals surface area contributed by atoms with Crippen molar-refractivity contribution < 1.29 is 9.47 Å². The van der Waals surface area contributed by atoms with Gasteiger partial charge in [-0.2, -0.15) is 0 Å². The Morgan fingerprint density at radius 2 is 0.800 bits per heavy atom. The minimum Gasteiger partial charge on any atom is -0.458 e. The first-order valence-corrected chi connectivity index (χ1v) is 24.3. The molecular weight excluding hydrogens is 854 g/mol. The van der Waals surface area contributed by atoms with Crippen molar-refractivity contribution in [2.24, 2.45) is 0 Å². The molecule has 0 saturated heterocycles. The smallest absolute Gasteiger partial charge is 0.260 e. The van der Waals surface area contributed by atoms with E-state index < -0.39 is 0 Å². The van der Waals surface area contributed by atoms with Gasteiger partial charge in [0.1, 0.15) is 23.0 Å². The molecule has 0 bridgehead atoms. The lowest BCUT2D eigenvalue weighted by Crippen LogP contribution is -2.57. The largest absolute Gasteiger partial charge is 0.458 e. The van der Waals surface area contributed by atoms with E-state index in [4.69, 9.17) is 9.47 Å². The van der Waals surface area contributed by atoms with Gasteiger partial charge in [-0.25, -0.2) is 0 Å². The van der Waals surface area contributed by atoms with Crippen LogP contribution in [-0.4, -0.2) is 20.4 Å². The van der Waals surface area contributed by atoms with Gasteiger partial charge in [0.05, 0.1) is 44.5 Å². The zero-order valence-electron chi connectivity index (χ0n) is 38.9. The number of ether oxygens (including phenoxy) is 2. The second-order valence-corrected chi connectivity index (χ2v) is 20.0. The summed E-state index contributed by atoms with van der Waals surface area (Å²) in [6.45, 7) is 6.66. The summed E-state index contributed by atoms with van der Waals surface area (Å²) >= 11 is 0. The van der Waals surface area contributed by atoms with Crippen molar-refractivity contribution in [2.75, 3.05) is 0 Å². The summed E-state index contributed by atoms with van der Waals surface area (Å²) in [4.78, 5) is 0. The molecule has 0 N–H and O–H groups in total. The number of fused-ring (bicyclic) bond motifs is 13. The van der Waals surface area contributed by atoms with Crippen LogP contribution in [0.15, 0.2) is 212 Å². The normalized spacial score (nSPS) is 13.0. The van der Waals surface area contributed by atoms with Crippen LogP contribution in [0.5, 0.6) is 23.0 Å². The van der Waals surface area contributed by atoms with Gasteiger partial charge in [-0.1, -0.05) is 160 Å². The zero-order valence-corrected chi connectivity index (χ0v) is 38.9. The number of hydrogen-bond acceptors (Lipinski definition) is 2. The summed E-state index contributed by atoms with van der Waals surface area (Å²) in [7, 11) is 0. The van der Waals surface area contributed by atoms with Crippen LogP contribution in [0, 0.1) is 0 Å². The predicted octanol–water partition coefficient (Wildman–Crippen LogP) is 14.7. The first-order valence-electron chi connectivity index (χ1n) is 24.3. The average Bonchev–Trinajstić information content (AvgIpc) is 4.03. The van der Waals surface area contributed by atoms with Gasteiger partial charge in [0.25, 0.3) is 6.71 Å². The second kappa shape index (κ2) is 14.4. The van der Waals surface area contributed by atoms with Crippen LogP contribution in [-0.2, 0) is 5.41 Å². The van der Waals surface area contributed by atoms with Crippen LogP contribution in [0.2, 0.25) is 0 Å². The quantitative estimate of drug-likeness (QED) is 0.165. The Morgan fingerprint density at radius 3 is 1.29 bits per heavy atom. The fourth-order valence-electron chi connectivity index (χ4n) is 11.9. The van der Waals surface area contributed by atoms with E-state index in [1.54, 1.807) is 0 Å². The van der Waals surface area contributed by atoms with Crippen LogP contribution in [0.4, 0.5) is 0 Å². The van der Waals surface area contributed by atoms with Gasteiger partial charge in [0, 0.05) is 55.1 Å². The van der Waals surface area contributed by atoms with Crippen LogP contribution in [0.25, 0.3) is 93.6 Å². The molecule has 70 heavy (non-hydrogen) atoms. The van der Waals surface area contributed by atoms with Crippen LogP contribution in [0.1, 0.15) is 26.3 Å². The molecular formula is C64H44BN3O2. The highest BCUT2D eigenvalue weighted by Gasteiger charge is 2.41. The summed E-state index contributed by atoms with van der Waals surface area (Å²) in [5.41, 5.74) is 16.8. The van der Waals surface area contributed by atoms with Crippen molar-refractivity contribution in [3.8, 4) is 51.2 Å². The molecule has 13 aromatic rings. The van der Waals surface area contributed by atoms with Gasteiger partial charge in [-0.05, 0) is 94.2 Å². The van der Waals surface area contributed by atoms with Crippen molar-refractivity contribution in [1.82, 2.24) is 13.7 Å². The van der Waals surface area contributed by atoms with E-state index in [2.05, 4.69) is 247 Å². The molecule has 3 aromatic heterocycles. The Labute approximate surface area is 405 Å². The molecule has 0 unspecified atom stereocenters. The van der Waals surface area contributed by atoms with E-state index in [-0.39, 0.29) is 12.1 Å². The third-order valence-corrected chi connectivity index (χ3v) is 15.1. The molecule has 2 aliphatic heterocycles. The number of aromatic nitrogens is 3. The Balaban J connectivity index is 0.968. The molecule has 0 fully saturated rings. The van der Waals surface area contributed by atoms with Crippen LogP contribution >= 0.6 is 0 Å². The van der Waals surface area contributed by atoms with E-state index in [9.17, 15) is 0 Å². The number of rotatable bonds is 4. The fraction of sp³-hybridized carbons (Fsp3) is 0.0625. The predicted molar refractivity (Wildman–Crippen MR) is 291 cm³/mol. The third kappa shape index (κ3) is 5.50. The van der Waals surface area contributed by atoms with E-state index >= 15 is 0 Å². The summed E-state index contributed by atoms with van der Waals surface area (Å²) in [6.07, 6.45) is 0. The van der Waals surface area contributed by atoms with Gasteiger partial charge in [0.15, 0.2) is 0 Å².